The van der Waals surface area contributed by atoms with Gasteiger partial charge in [-0.3, -0.25) is 0 Å². The Bertz CT molecular complexity index is 274. The van der Waals surface area contributed by atoms with E-state index in [4.69, 9.17) is 21.1 Å². The number of hydrogen-bond acceptors (Lipinski definition) is 4. The Hall–Kier alpha value is -1.43. The number of carboxylic acids is 1. The first-order valence-corrected chi connectivity index (χ1v) is 4.40. The van der Waals surface area contributed by atoms with E-state index in [2.05, 4.69) is 0 Å². The molecule has 1 rings (SSSR count). The molecule has 0 bridgehead atoms. The molecular formula is C10H15NO4. The fraction of sp³-hybridized carbons (Fsp3) is 0.300. The number of nitrogens with two attached hydrogens (primary N) is 1. The van der Waals surface area contributed by atoms with E-state index in [0.717, 1.165) is 0 Å². The van der Waals surface area contributed by atoms with Crippen molar-refractivity contribution in [1.82, 2.24) is 0 Å². The molecule has 0 saturated heterocycles. The highest BCUT2D eigenvalue weighted by molar-refractivity contribution is 5.73. The van der Waals surface area contributed by atoms with Gasteiger partial charge in [0.2, 0.25) is 0 Å². The van der Waals surface area contributed by atoms with Crippen molar-refractivity contribution in [3.05, 3.63) is 35.9 Å². The zero-order valence-electron chi connectivity index (χ0n) is 8.21. The number of aliphatic hydroxyl groups is 2. The third-order valence-electron chi connectivity index (χ3n) is 1.48. The van der Waals surface area contributed by atoms with Crippen LogP contribution in [0.3, 0.4) is 0 Å². The molecule has 0 aliphatic heterocycles. The third-order valence-corrected chi connectivity index (χ3v) is 1.48. The smallest absolute Gasteiger partial charge is 0.337 e. The highest BCUT2D eigenvalue weighted by Gasteiger charge is 2.14. The van der Waals surface area contributed by atoms with E-state index in [0.29, 0.717) is 12.1 Å². The lowest BCUT2D eigenvalue weighted by Gasteiger charge is -2.03. The van der Waals surface area contributed by atoms with Crippen LogP contribution in [-0.2, 0) is 4.79 Å². The van der Waals surface area contributed by atoms with Gasteiger partial charge in [-0.05, 0) is 5.56 Å². The normalized spacial score (nSPS) is 11.1. The van der Waals surface area contributed by atoms with Crippen molar-refractivity contribution < 1.29 is 20.1 Å². The molecule has 84 valence electrons. The average molecular weight is 213 g/mol. The van der Waals surface area contributed by atoms with E-state index in [1.165, 1.54) is 0 Å². The summed E-state index contributed by atoms with van der Waals surface area (Å²) >= 11 is 0. The van der Waals surface area contributed by atoms with Crippen LogP contribution in [0.2, 0.25) is 0 Å². The molecule has 1 aromatic carbocycles. The van der Waals surface area contributed by atoms with Gasteiger partial charge >= 0.3 is 5.97 Å². The lowest BCUT2D eigenvalue weighted by Crippen LogP contribution is -2.09. The largest absolute Gasteiger partial charge is 0.479 e. The quantitative estimate of drug-likeness (QED) is 0.554. The second kappa shape index (κ2) is 7.93. The summed E-state index contributed by atoms with van der Waals surface area (Å²) in [7, 11) is 0. The van der Waals surface area contributed by atoms with Crippen LogP contribution in [-0.4, -0.2) is 34.4 Å². The molecule has 1 aromatic rings. The molecule has 0 radical (unpaired) electrons. The first-order valence-electron chi connectivity index (χ1n) is 4.40. The second-order valence-corrected chi connectivity index (χ2v) is 2.66. The molecule has 0 saturated carbocycles. The average Bonchev–Trinajstić information content (AvgIpc) is 2.29. The van der Waals surface area contributed by atoms with Gasteiger partial charge in [-0.1, -0.05) is 30.3 Å². The maximum atomic E-state index is 10.2. The number of carbonyl (C=O) groups is 1. The predicted octanol–water partition coefficient (Wildman–Crippen LogP) is -0.258. The molecule has 0 amide bonds. The molecule has 15 heavy (non-hydrogen) atoms. The van der Waals surface area contributed by atoms with E-state index in [-0.39, 0.29) is 6.61 Å². The summed E-state index contributed by atoms with van der Waals surface area (Å²) in [6, 6.07) is 8.26. The highest BCUT2D eigenvalue weighted by atomic mass is 16.4. The topological polar surface area (TPSA) is 104 Å². The van der Waals surface area contributed by atoms with Crippen molar-refractivity contribution in [1.29, 1.82) is 0 Å². The summed E-state index contributed by atoms with van der Waals surface area (Å²) in [5.74, 6) is -1.23. The Morgan fingerprint density at radius 1 is 1.33 bits per heavy atom. The number of hydrogen-bond donors (Lipinski definition) is 4. The fourth-order valence-corrected chi connectivity index (χ4v) is 0.778. The Morgan fingerprint density at radius 3 is 2.13 bits per heavy atom. The first kappa shape index (κ1) is 13.6. The van der Waals surface area contributed by atoms with Gasteiger partial charge in [0.05, 0.1) is 6.61 Å². The Morgan fingerprint density at radius 2 is 1.80 bits per heavy atom. The summed E-state index contributed by atoms with van der Waals surface area (Å²) in [6.45, 7) is 0.472. The molecule has 0 aromatic heterocycles. The fourth-order valence-electron chi connectivity index (χ4n) is 0.778. The van der Waals surface area contributed by atoms with E-state index < -0.39 is 12.1 Å². The molecule has 0 aliphatic rings. The van der Waals surface area contributed by atoms with Crippen molar-refractivity contribution in [2.75, 3.05) is 13.2 Å². The summed E-state index contributed by atoms with van der Waals surface area (Å²) in [6.07, 6.45) is -1.41. The minimum atomic E-state index is -1.41. The van der Waals surface area contributed by atoms with Crippen LogP contribution < -0.4 is 5.73 Å². The zero-order chi connectivity index (χ0) is 11.7. The maximum absolute atomic E-state index is 10.2. The number of aliphatic hydroxyl groups excluding tert-OH is 2. The maximum Gasteiger partial charge on any atom is 0.337 e. The summed E-state index contributed by atoms with van der Waals surface area (Å²) in [5, 5.41) is 25.1. The third kappa shape index (κ3) is 5.79. The van der Waals surface area contributed by atoms with Crippen molar-refractivity contribution in [3.8, 4) is 0 Å². The molecule has 1 unspecified atom stereocenters. The zero-order valence-corrected chi connectivity index (χ0v) is 8.21. The first-order chi connectivity index (χ1) is 7.13. The van der Waals surface area contributed by atoms with Crippen molar-refractivity contribution in [2.24, 2.45) is 5.73 Å². The van der Waals surface area contributed by atoms with Crippen LogP contribution in [0.15, 0.2) is 30.3 Å². The van der Waals surface area contributed by atoms with Crippen molar-refractivity contribution in [2.45, 2.75) is 6.10 Å². The molecule has 0 fully saturated rings. The van der Waals surface area contributed by atoms with Crippen LogP contribution in [0.25, 0.3) is 0 Å². The number of aliphatic carboxylic acids is 1. The molecule has 5 heteroatoms. The molecule has 1 atom stereocenters. The summed E-state index contributed by atoms with van der Waals surface area (Å²) in [5.41, 5.74) is 5.18. The SMILES string of the molecule is NCCO.O=C(O)C(O)c1ccccc1. The van der Waals surface area contributed by atoms with Gasteiger partial charge in [0.1, 0.15) is 0 Å². The van der Waals surface area contributed by atoms with Gasteiger partial charge in [-0.2, -0.15) is 0 Å². The molecular weight excluding hydrogens is 198 g/mol. The Kier molecular flexibility index (Phi) is 7.17. The predicted molar refractivity (Wildman–Crippen MR) is 55.2 cm³/mol. The van der Waals surface area contributed by atoms with Crippen LogP contribution >= 0.6 is 0 Å². The minimum absolute atomic E-state index is 0.0972. The number of rotatable bonds is 3. The van der Waals surface area contributed by atoms with E-state index >= 15 is 0 Å². The van der Waals surface area contributed by atoms with Crippen LogP contribution in [0.4, 0.5) is 0 Å². The van der Waals surface area contributed by atoms with Gasteiger partial charge in [0.25, 0.3) is 0 Å². The van der Waals surface area contributed by atoms with Crippen LogP contribution in [0, 0.1) is 0 Å². The summed E-state index contributed by atoms with van der Waals surface area (Å²) < 4.78 is 0. The standard InChI is InChI=1S/C8H8O3.C2H7NO/c9-7(8(10)11)6-4-2-1-3-5-6;3-1-2-4/h1-5,7,9H,(H,10,11);4H,1-3H2. The molecule has 0 heterocycles. The van der Waals surface area contributed by atoms with Crippen LogP contribution in [0.1, 0.15) is 11.7 Å². The van der Waals surface area contributed by atoms with Gasteiger partial charge in [0.15, 0.2) is 6.10 Å². The van der Waals surface area contributed by atoms with Crippen molar-refractivity contribution >= 4 is 5.97 Å². The van der Waals surface area contributed by atoms with Crippen LogP contribution in [0.5, 0.6) is 0 Å². The highest BCUT2D eigenvalue weighted by Crippen LogP contribution is 2.10. The van der Waals surface area contributed by atoms with E-state index in [9.17, 15) is 4.79 Å². The van der Waals surface area contributed by atoms with Crippen molar-refractivity contribution in [3.63, 3.8) is 0 Å². The molecule has 5 nitrogen and oxygen atoms in total. The second-order valence-electron chi connectivity index (χ2n) is 2.66. The van der Waals surface area contributed by atoms with Gasteiger partial charge in [-0.15, -0.1) is 0 Å². The lowest BCUT2D eigenvalue weighted by atomic mass is 10.1. The van der Waals surface area contributed by atoms with Gasteiger partial charge in [0, 0.05) is 6.54 Å². The monoisotopic (exact) mass is 213 g/mol. The van der Waals surface area contributed by atoms with E-state index in [1.54, 1.807) is 30.3 Å². The Labute approximate surface area is 87.8 Å². The van der Waals surface area contributed by atoms with Gasteiger partial charge in [-0.25, -0.2) is 4.79 Å². The Balaban J connectivity index is 0.000000423. The van der Waals surface area contributed by atoms with Gasteiger partial charge < -0.3 is 21.1 Å². The molecule has 0 aliphatic carbocycles. The van der Waals surface area contributed by atoms with E-state index in [1.807, 2.05) is 0 Å². The summed E-state index contributed by atoms with van der Waals surface area (Å²) in [4.78, 5) is 10.2. The molecule has 0 spiro atoms. The molecule has 5 N–H and O–H groups in total. The number of benzene rings is 1. The lowest BCUT2D eigenvalue weighted by molar-refractivity contribution is -0.146. The minimum Gasteiger partial charge on any atom is -0.479 e. The number of carboxylic acid groups (broad SMARTS) is 1.